The standard InChI is InChI=1S/C21H25N3O4.C3H7NO/c1-26-19-7-6-18(22)17-12-14(13-28-20(17)19)21(25)23-15-2-4-16(5-3-15)24-8-10-27-11-9-24;1-4(2)3-5/h2-7,14H,8-13,22H2,1H3,(H,23,25);3H,1-2H3. The third kappa shape index (κ3) is 6.29. The zero-order valence-corrected chi connectivity index (χ0v) is 19.4. The summed E-state index contributed by atoms with van der Waals surface area (Å²) >= 11 is 0. The minimum absolute atomic E-state index is 0.0769. The van der Waals surface area contributed by atoms with Gasteiger partial charge in [0, 0.05) is 49.8 Å². The van der Waals surface area contributed by atoms with Crippen LogP contribution in [0.15, 0.2) is 36.4 Å². The van der Waals surface area contributed by atoms with Crippen LogP contribution in [-0.4, -0.2) is 71.3 Å². The van der Waals surface area contributed by atoms with Crippen molar-refractivity contribution in [3.63, 3.8) is 0 Å². The Morgan fingerprint density at radius 3 is 2.45 bits per heavy atom. The first kappa shape index (κ1) is 24.2. The van der Waals surface area contributed by atoms with Gasteiger partial charge >= 0.3 is 0 Å². The fraction of sp³-hybridized carbons (Fsp3) is 0.417. The average Bonchev–Trinajstić information content (AvgIpc) is 2.85. The number of carbonyl (C=O) groups is 2. The van der Waals surface area contributed by atoms with Crippen molar-refractivity contribution in [2.45, 2.75) is 6.42 Å². The number of nitrogens with two attached hydrogens (primary N) is 1. The zero-order valence-electron chi connectivity index (χ0n) is 19.4. The van der Waals surface area contributed by atoms with Crippen LogP contribution in [0.4, 0.5) is 17.1 Å². The van der Waals surface area contributed by atoms with Crippen LogP contribution in [0.3, 0.4) is 0 Å². The summed E-state index contributed by atoms with van der Waals surface area (Å²) in [6.07, 6.45) is 1.27. The lowest BCUT2D eigenvalue weighted by Gasteiger charge is -2.29. The van der Waals surface area contributed by atoms with Crippen molar-refractivity contribution in [1.29, 1.82) is 0 Å². The van der Waals surface area contributed by atoms with Crippen molar-refractivity contribution in [3.8, 4) is 11.5 Å². The Balaban J connectivity index is 0.000000555. The molecule has 2 amide bonds. The van der Waals surface area contributed by atoms with Crippen LogP contribution in [0.5, 0.6) is 11.5 Å². The molecule has 0 saturated carbocycles. The van der Waals surface area contributed by atoms with E-state index in [0.29, 0.717) is 30.2 Å². The normalized spacial score (nSPS) is 16.9. The van der Waals surface area contributed by atoms with Crippen molar-refractivity contribution in [2.24, 2.45) is 5.92 Å². The molecule has 2 heterocycles. The second kappa shape index (κ2) is 11.4. The third-order valence-corrected chi connectivity index (χ3v) is 5.45. The van der Waals surface area contributed by atoms with Gasteiger partial charge in [-0.3, -0.25) is 9.59 Å². The molecule has 9 nitrogen and oxygen atoms in total. The van der Waals surface area contributed by atoms with Crippen LogP contribution >= 0.6 is 0 Å². The van der Waals surface area contributed by atoms with E-state index in [2.05, 4.69) is 10.2 Å². The number of hydrogen-bond acceptors (Lipinski definition) is 7. The lowest BCUT2D eigenvalue weighted by molar-refractivity contribution is -0.121. The highest BCUT2D eigenvalue weighted by molar-refractivity contribution is 5.93. The fourth-order valence-corrected chi connectivity index (χ4v) is 3.63. The Bertz CT molecular complexity index is 943. The number of fused-ring (bicyclic) bond motifs is 1. The second-order valence-corrected chi connectivity index (χ2v) is 8.08. The smallest absolute Gasteiger partial charge is 0.231 e. The first-order valence-electron chi connectivity index (χ1n) is 10.9. The molecule has 1 fully saturated rings. The lowest BCUT2D eigenvalue weighted by atomic mass is 9.94. The van der Waals surface area contributed by atoms with Crippen molar-refractivity contribution in [2.75, 3.05) is 70.1 Å². The van der Waals surface area contributed by atoms with Crippen LogP contribution in [0, 0.1) is 5.92 Å². The van der Waals surface area contributed by atoms with Crippen molar-refractivity contribution < 1.29 is 23.8 Å². The van der Waals surface area contributed by atoms with E-state index < -0.39 is 0 Å². The van der Waals surface area contributed by atoms with E-state index in [1.54, 1.807) is 33.3 Å². The number of benzene rings is 2. The molecule has 2 aromatic rings. The van der Waals surface area contributed by atoms with Gasteiger partial charge in [0.05, 0.1) is 26.2 Å². The summed E-state index contributed by atoms with van der Waals surface area (Å²) in [6.45, 7) is 3.56. The maximum Gasteiger partial charge on any atom is 0.231 e. The summed E-state index contributed by atoms with van der Waals surface area (Å²) in [7, 11) is 4.97. The molecule has 2 aromatic carbocycles. The molecule has 3 N–H and O–H groups in total. The number of rotatable bonds is 5. The summed E-state index contributed by atoms with van der Waals surface area (Å²) in [6, 6.07) is 11.5. The number of carbonyl (C=O) groups excluding carboxylic acids is 2. The Kier molecular flexibility index (Phi) is 8.37. The highest BCUT2D eigenvalue weighted by Gasteiger charge is 2.29. The van der Waals surface area contributed by atoms with Crippen molar-refractivity contribution in [3.05, 3.63) is 42.0 Å². The molecule has 0 bridgehead atoms. The number of methoxy groups -OCH3 is 1. The molecule has 9 heteroatoms. The Hall–Kier alpha value is -3.46. The Morgan fingerprint density at radius 1 is 1.18 bits per heavy atom. The second-order valence-electron chi connectivity index (χ2n) is 8.08. The predicted octanol–water partition coefficient (Wildman–Crippen LogP) is 2.01. The monoisotopic (exact) mass is 456 g/mol. The third-order valence-electron chi connectivity index (χ3n) is 5.45. The minimum Gasteiger partial charge on any atom is -0.493 e. The summed E-state index contributed by atoms with van der Waals surface area (Å²) in [5, 5.41) is 2.99. The molecule has 1 atom stereocenters. The van der Waals surface area contributed by atoms with Gasteiger partial charge < -0.3 is 35.1 Å². The van der Waals surface area contributed by atoms with E-state index in [1.165, 1.54) is 4.90 Å². The van der Waals surface area contributed by atoms with E-state index >= 15 is 0 Å². The summed E-state index contributed by atoms with van der Waals surface area (Å²) in [5.74, 6) is 0.899. The molecule has 2 aliphatic heterocycles. The molecular weight excluding hydrogens is 424 g/mol. The van der Waals surface area contributed by atoms with Crippen LogP contribution in [0.25, 0.3) is 0 Å². The number of nitrogens with one attached hydrogen (secondary N) is 1. The van der Waals surface area contributed by atoms with Gasteiger partial charge in [-0.25, -0.2) is 0 Å². The van der Waals surface area contributed by atoms with Crippen LogP contribution in [0.1, 0.15) is 5.56 Å². The van der Waals surface area contributed by atoms with Crippen molar-refractivity contribution >= 4 is 29.4 Å². The van der Waals surface area contributed by atoms with Gasteiger partial charge in [-0.15, -0.1) is 0 Å². The minimum atomic E-state index is -0.305. The topological polar surface area (TPSA) is 106 Å². The molecule has 0 aromatic heterocycles. The average molecular weight is 457 g/mol. The first-order chi connectivity index (χ1) is 15.9. The summed E-state index contributed by atoms with van der Waals surface area (Å²) < 4.78 is 16.5. The maximum atomic E-state index is 12.7. The lowest BCUT2D eigenvalue weighted by Crippen LogP contribution is -2.36. The highest BCUT2D eigenvalue weighted by Crippen LogP contribution is 2.39. The van der Waals surface area contributed by atoms with Crippen LogP contribution in [-0.2, 0) is 20.7 Å². The molecule has 1 unspecified atom stereocenters. The molecule has 0 spiro atoms. The molecule has 0 radical (unpaired) electrons. The Morgan fingerprint density at radius 2 is 1.85 bits per heavy atom. The van der Waals surface area contributed by atoms with Gasteiger partial charge in [-0.1, -0.05) is 0 Å². The predicted molar refractivity (Wildman–Crippen MR) is 128 cm³/mol. The van der Waals surface area contributed by atoms with Gasteiger partial charge in [0.25, 0.3) is 0 Å². The SMILES string of the molecule is CN(C)C=O.COc1ccc(N)c2c1OCC(C(=O)Nc1ccc(N3CCOCC3)cc1)C2. The highest BCUT2D eigenvalue weighted by atomic mass is 16.5. The number of hydrogen-bond donors (Lipinski definition) is 2. The zero-order chi connectivity index (χ0) is 23.8. The van der Waals surface area contributed by atoms with E-state index in [-0.39, 0.29) is 11.8 Å². The van der Waals surface area contributed by atoms with Crippen LogP contribution < -0.4 is 25.4 Å². The number of ether oxygens (including phenoxy) is 3. The number of nitrogens with zero attached hydrogens (tertiary/aromatic N) is 2. The van der Waals surface area contributed by atoms with Gasteiger partial charge in [0.2, 0.25) is 12.3 Å². The number of nitrogen functional groups attached to an aromatic ring is 1. The molecule has 4 rings (SSSR count). The van der Waals surface area contributed by atoms with E-state index in [9.17, 15) is 9.59 Å². The van der Waals surface area contributed by atoms with E-state index in [0.717, 1.165) is 49.7 Å². The summed E-state index contributed by atoms with van der Waals surface area (Å²) in [5.41, 5.74) is 9.43. The molecule has 2 aliphatic rings. The van der Waals surface area contributed by atoms with E-state index in [4.69, 9.17) is 19.9 Å². The largest absolute Gasteiger partial charge is 0.493 e. The molecule has 178 valence electrons. The van der Waals surface area contributed by atoms with Gasteiger partial charge in [-0.2, -0.15) is 0 Å². The van der Waals surface area contributed by atoms with E-state index in [1.807, 2.05) is 24.3 Å². The van der Waals surface area contributed by atoms with Crippen LogP contribution in [0.2, 0.25) is 0 Å². The molecule has 0 aliphatic carbocycles. The molecular formula is C24H32N4O5. The fourth-order valence-electron chi connectivity index (χ4n) is 3.63. The summed E-state index contributed by atoms with van der Waals surface area (Å²) in [4.78, 5) is 25.9. The molecule has 33 heavy (non-hydrogen) atoms. The maximum absolute atomic E-state index is 12.7. The Labute approximate surface area is 194 Å². The first-order valence-corrected chi connectivity index (χ1v) is 10.9. The quantitative estimate of drug-likeness (QED) is 0.524. The van der Waals surface area contributed by atoms with Gasteiger partial charge in [0.1, 0.15) is 6.61 Å². The molecule has 1 saturated heterocycles. The van der Waals surface area contributed by atoms with Crippen molar-refractivity contribution in [1.82, 2.24) is 4.90 Å². The van der Waals surface area contributed by atoms with Gasteiger partial charge in [-0.05, 0) is 42.8 Å². The number of morpholine rings is 1. The number of amides is 2. The van der Waals surface area contributed by atoms with Gasteiger partial charge in [0.15, 0.2) is 11.5 Å². The number of anilines is 3.